The van der Waals surface area contributed by atoms with E-state index in [1.807, 2.05) is 23.2 Å². The van der Waals surface area contributed by atoms with Crippen LogP contribution in [0.25, 0.3) is 0 Å². The van der Waals surface area contributed by atoms with E-state index >= 15 is 0 Å². The second-order valence-corrected chi connectivity index (χ2v) is 7.45. The molecule has 3 aliphatic heterocycles. The van der Waals surface area contributed by atoms with E-state index < -0.39 is 0 Å². The van der Waals surface area contributed by atoms with Crippen molar-refractivity contribution in [3.05, 3.63) is 30.1 Å². The first kappa shape index (κ1) is 16.9. The third-order valence-electron chi connectivity index (χ3n) is 5.70. The highest BCUT2D eigenvalue weighted by Gasteiger charge is 2.41. The van der Waals surface area contributed by atoms with Crippen molar-refractivity contribution >= 4 is 5.91 Å². The van der Waals surface area contributed by atoms with E-state index in [1.165, 1.54) is 0 Å². The normalized spacial score (nSPS) is 26.9. The Kier molecular flexibility index (Phi) is 5.01. The van der Waals surface area contributed by atoms with E-state index in [1.54, 1.807) is 0 Å². The van der Waals surface area contributed by atoms with Gasteiger partial charge >= 0.3 is 0 Å². The number of aromatic nitrogens is 1. The summed E-state index contributed by atoms with van der Waals surface area (Å²) in [5, 5.41) is 0. The van der Waals surface area contributed by atoms with Gasteiger partial charge in [0.15, 0.2) is 0 Å². The summed E-state index contributed by atoms with van der Waals surface area (Å²) in [5.74, 6) is 0.343. The van der Waals surface area contributed by atoms with Gasteiger partial charge in [-0.2, -0.15) is 0 Å². The molecule has 6 nitrogen and oxygen atoms in total. The third kappa shape index (κ3) is 3.86. The van der Waals surface area contributed by atoms with Crippen molar-refractivity contribution in [2.24, 2.45) is 5.92 Å². The number of nitrogens with zero attached hydrogens (tertiary/aromatic N) is 3. The van der Waals surface area contributed by atoms with E-state index in [0.717, 1.165) is 70.9 Å². The topological polar surface area (TPSA) is 54.9 Å². The SMILES string of the molecule is O=C([C@H]1CCOC1)N1CCC2(CC1)CN(Cc1ccccn1)CCO2. The zero-order chi connectivity index (χ0) is 17.1. The van der Waals surface area contributed by atoms with Crippen molar-refractivity contribution in [1.82, 2.24) is 14.8 Å². The minimum atomic E-state index is -0.101. The van der Waals surface area contributed by atoms with Crippen LogP contribution in [0.5, 0.6) is 0 Å². The van der Waals surface area contributed by atoms with Crippen LogP contribution in [0.4, 0.5) is 0 Å². The largest absolute Gasteiger partial charge is 0.381 e. The molecule has 0 unspecified atom stereocenters. The summed E-state index contributed by atoms with van der Waals surface area (Å²) in [6.45, 7) is 6.41. The highest BCUT2D eigenvalue weighted by atomic mass is 16.5. The fraction of sp³-hybridized carbons (Fsp3) is 0.684. The van der Waals surface area contributed by atoms with Gasteiger partial charge in [0.05, 0.1) is 30.4 Å². The van der Waals surface area contributed by atoms with Gasteiger partial charge in [-0.05, 0) is 31.4 Å². The summed E-state index contributed by atoms with van der Waals surface area (Å²) >= 11 is 0. The summed E-state index contributed by atoms with van der Waals surface area (Å²) < 4.78 is 11.6. The molecule has 1 spiro atoms. The molecule has 4 rings (SSSR count). The number of rotatable bonds is 3. The van der Waals surface area contributed by atoms with Crippen LogP contribution < -0.4 is 0 Å². The molecule has 3 saturated heterocycles. The van der Waals surface area contributed by atoms with Crippen LogP contribution >= 0.6 is 0 Å². The van der Waals surface area contributed by atoms with Gasteiger partial charge < -0.3 is 14.4 Å². The maximum atomic E-state index is 12.6. The Morgan fingerprint density at radius 2 is 2.12 bits per heavy atom. The first-order chi connectivity index (χ1) is 12.2. The number of hydrogen-bond acceptors (Lipinski definition) is 5. The molecule has 136 valence electrons. The fourth-order valence-corrected chi connectivity index (χ4v) is 4.20. The van der Waals surface area contributed by atoms with Gasteiger partial charge in [-0.1, -0.05) is 6.07 Å². The average Bonchev–Trinajstić information content (AvgIpc) is 3.18. The van der Waals surface area contributed by atoms with Gasteiger partial charge in [-0.3, -0.25) is 14.7 Å². The molecule has 0 aliphatic carbocycles. The van der Waals surface area contributed by atoms with Gasteiger partial charge in [-0.15, -0.1) is 0 Å². The van der Waals surface area contributed by atoms with E-state index in [2.05, 4.69) is 16.0 Å². The lowest BCUT2D eigenvalue weighted by molar-refractivity contribution is -0.154. The maximum Gasteiger partial charge on any atom is 0.228 e. The van der Waals surface area contributed by atoms with Gasteiger partial charge in [0.1, 0.15) is 0 Å². The molecule has 3 fully saturated rings. The van der Waals surface area contributed by atoms with E-state index in [9.17, 15) is 4.79 Å². The van der Waals surface area contributed by atoms with Crippen LogP contribution in [-0.4, -0.2) is 72.3 Å². The first-order valence-electron chi connectivity index (χ1n) is 9.37. The van der Waals surface area contributed by atoms with Crippen LogP contribution in [0.1, 0.15) is 25.0 Å². The molecule has 1 aromatic heterocycles. The zero-order valence-electron chi connectivity index (χ0n) is 14.7. The second-order valence-electron chi connectivity index (χ2n) is 7.45. The molecule has 0 aromatic carbocycles. The Bertz CT molecular complexity index is 581. The monoisotopic (exact) mass is 345 g/mol. The summed E-state index contributed by atoms with van der Waals surface area (Å²) in [5.41, 5.74) is 1.00. The lowest BCUT2D eigenvalue weighted by atomic mass is 9.88. The van der Waals surface area contributed by atoms with Crippen LogP contribution in [0.2, 0.25) is 0 Å². The number of amides is 1. The van der Waals surface area contributed by atoms with Crippen LogP contribution in [0.15, 0.2) is 24.4 Å². The molecule has 1 atom stereocenters. The molecule has 6 heteroatoms. The fourth-order valence-electron chi connectivity index (χ4n) is 4.20. The lowest BCUT2D eigenvalue weighted by Gasteiger charge is -2.47. The molecule has 0 bridgehead atoms. The standard InChI is InChI=1S/C19H27N3O3/c23-18(16-4-11-24-14-16)22-8-5-19(6-9-22)15-21(10-12-25-19)13-17-3-1-2-7-20-17/h1-3,7,16H,4-6,8-15H2/t16-/m0/s1. The van der Waals surface area contributed by atoms with Crippen molar-refractivity contribution in [3.8, 4) is 0 Å². The van der Waals surface area contributed by atoms with Crippen LogP contribution in [-0.2, 0) is 20.8 Å². The van der Waals surface area contributed by atoms with Crippen molar-refractivity contribution in [2.75, 3.05) is 46.0 Å². The van der Waals surface area contributed by atoms with Crippen molar-refractivity contribution in [2.45, 2.75) is 31.4 Å². The highest BCUT2D eigenvalue weighted by Crippen LogP contribution is 2.31. The maximum absolute atomic E-state index is 12.6. The predicted octanol–water partition coefficient (Wildman–Crippen LogP) is 1.31. The van der Waals surface area contributed by atoms with E-state index in [-0.39, 0.29) is 17.4 Å². The minimum Gasteiger partial charge on any atom is -0.381 e. The van der Waals surface area contributed by atoms with Crippen LogP contribution in [0, 0.1) is 5.92 Å². The molecule has 3 aliphatic rings. The number of carbonyl (C=O) groups is 1. The minimum absolute atomic E-state index is 0.0713. The Hall–Kier alpha value is -1.50. The quantitative estimate of drug-likeness (QED) is 0.827. The van der Waals surface area contributed by atoms with E-state index in [0.29, 0.717) is 6.61 Å². The molecule has 0 saturated carbocycles. The number of carbonyl (C=O) groups excluding carboxylic acids is 1. The summed E-state index contributed by atoms with van der Waals surface area (Å²) in [6, 6.07) is 6.06. The Morgan fingerprint density at radius 3 is 2.84 bits per heavy atom. The Labute approximate surface area is 149 Å². The first-order valence-corrected chi connectivity index (χ1v) is 9.37. The number of pyridine rings is 1. The smallest absolute Gasteiger partial charge is 0.228 e. The predicted molar refractivity (Wildman–Crippen MR) is 92.9 cm³/mol. The molecular formula is C19H27N3O3. The number of ether oxygens (including phenoxy) is 2. The van der Waals surface area contributed by atoms with Gasteiger partial charge in [0.2, 0.25) is 5.91 Å². The molecular weight excluding hydrogens is 318 g/mol. The number of likely N-dealkylation sites (tertiary alicyclic amines) is 1. The number of piperidine rings is 1. The summed E-state index contributed by atoms with van der Waals surface area (Å²) in [7, 11) is 0. The van der Waals surface area contributed by atoms with Gasteiger partial charge in [0, 0.05) is 45.5 Å². The third-order valence-corrected chi connectivity index (χ3v) is 5.70. The van der Waals surface area contributed by atoms with Gasteiger partial charge in [-0.25, -0.2) is 0 Å². The zero-order valence-corrected chi connectivity index (χ0v) is 14.7. The molecule has 1 amide bonds. The Balaban J connectivity index is 1.33. The number of morpholine rings is 1. The number of hydrogen-bond donors (Lipinski definition) is 0. The molecule has 1 aromatic rings. The highest BCUT2D eigenvalue weighted by molar-refractivity contribution is 5.79. The second kappa shape index (κ2) is 7.40. The molecule has 0 radical (unpaired) electrons. The van der Waals surface area contributed by atoms with E-state index in [4.69, 9.17) is 9.47 Å². The molecule has 4 heterocycles. The summed E-state index contributed by atoms with van der Waals surface area (Å²) in [6.07, 6.45) is 4.56. The van der Waals surface area contributed by atoms with Crippen molar-refractivity contribution in [1.29, 1.82) is 0 Å². The van der Waals surface area contributed by atoms with Gasteiger partial charge in [0.25, 0.3) is 0 Å². The van der Waals surface area contributed by atoms with Crippen molar-refractivity contribution in [3.63, 3.8) is 0 Å². The van der Waals surface area contributed by atoms with Crippen LogP contribution in [0.3, 0.4) is 0 Å². The summed E-state index contributed by atoms with van der Waals surface area (Å²) in [4.78, 5) is 21.5. The van der Waals surface area contributed by atoms with Crippen molar-refractivity contribution < 1.29 is 14.3 Å². The lowest BCUT2D eigenvalue weighted by Crippen LogP contribution is -2.57. The molecule has 25 heavy (non-hydrogen) atoms. The molecule has 0 N–H and O–H groups in total. The average molecular weight is 345 g/mol. The Morgan fingerprint density at radius 1 is 1.24 bits per heavy atom.